The van der Waals surface area contributed by atoms with Gasteiger partial charge in [0.05, 0.1) is 23.5 Å². The maximum atomic E-state index is 13.0. The molecule has 0 aliphatic heterocycles. The van der Waals surface area contributed by atoms with E-state index < -0.39 is 30.1 Å². The Balaban J connectivity index is 1.82. The van der Waals surface area contributed by atoms with Crippen LogP contribution in [0.4, 0.5) is 15.8 Å². The molecule has 3 amide bonds. The molecular formula is C15H12ClFN4O3. The van der Waals surface area contributed by atoms with Crippen molar-refractivity contribution < 1.29 is 18.8 Å². The van der Waals surface area contributed by atoms with E-state index in [1.165, 1.54) is 12.3 Å². The van der Waals surface area contributed by atoms with Crippen LogP contribution in [-0.2, 0) is 14.4 Å². The fraction of sp³-hybridized carbons (Fsp3) is 0.0667. The van der Waals surface area contributed by atoms with E-state index in [-0.39, 0.29) is 10.7 Å². The second kappa shape index (κ2) is 8.02. The van der Waals surface area contributed by atoms with E-state index in [1.54, 1.807) is 18.3 Å². The van der Waals surface area contributed by atoms with Gasteiger partial charge in [0.15, 0.2) is 0 Å². The van der Waals surface area contributed by atoms with Gasteiger partial charge in [0.1, 0.15) is 5.82 Å². The molecule has 7 nitrogen and oxygen atoms in total. The molecule has 1 aromatic heterocycles. The van der Waals surface area contributed by atoms with Gasteiger partial charge >= 0.3 is 11.8 Å². The first-order valence-electron chi connectivity index (χ1n) is 6.70. The number of nitrogens with zero attached hydrogens (tertiary/aromatic N) is 1. The van der Waals surface area contributed by atoms with E-state index in [1.807, 2.05) is 0 Å². The molecule has 0 saturated carbocycles. The molecule has 9 heteroatoms. The lowest BCUT2D eigenvalue weighted by Crippen LogP contribution is -2.39. The number of anilines is 2. The molecule has 0 atom stereocenters. The number of amides is 3. The molecule has 2 rings (SSSR count). The Morgan fingerprint density at radius 3 is 2.54 bits per heavy atom. The van der Waals surface area contributed by atoms with Crippen molar-refractivity contribution in [3.8, 4) is 0 Å². The highest BCUT2D eigenvalue weighted by atomic mass is 35.5. The number of benzene rings is 1. The molecule has 0 aliphatic rings. The van der Waals surface area contributed by atoms with Gasteiger partial charge in [0, 0.05) is 11.9 Å². The molecule has 3 N–H and O–H groups in total. The summed E-state index contributed by atoms with van der Waals surface area (Å²) in [5, 5.41) is 6.70. The third-order valence-electron chi connectivity index (χ3n) is 2.74. The van der Waals surface area contributed by atoms with E-state index in [9.17, 15) is 18.8 Å². The Morgan fingerprint density at radius 1 is 1.08 bits per heavy atom. The molecule has 0 aliphatic carbocycles. The van der Waals surface area contributed by atoms with Crippen LogP contribution >= 0.6 is 11.6 Å². The lowest BCUT2D eigenvalue weighted by atomic mass is 10.3. The Labute approximate surface area is 141 Å². The highest BCUT2D eigenvalue weighted by Crippen LogP contribution is 2.19. The van der Waals surface area contributed by atoms with Gasteiger partial charge < -0.3 is 16.0 Å². The van der Waals surface area contributed by atoms with Crippen LogP contribution < -0.4 is 16.0 Å². The normalized spacial score (nSPS) is 9.92. The Bertz CT molecular complexity index is 771. The first-order valence-corrected chi connectivity index (χ1v) is 7.07. The third-order valence-corrected chi connectivity index (χ3v) is 3.03. The number of pyridine rings is 1. The van der Waals surface area contributed by atoms with Crippen LogP contribution in [0.2, 0.25) is 5.02 Å². The smallest absolute Gasteiger partial charge is 0.313 e. The van der Waals surface area contributed by atoms with Gasteiger partial charge in [-0.1, -0.05) is 11.6 Å². The fourth-order valence-corrected chi connectivity index (χ4v) is 1.83. The zero-order chi connectivity index (χ0) is 17.5. The molecule has 124 valence electrons. The van der Waals surface area contributed by atoms with Gasteiger partial charge in [-0.15, -0.1) is 0 Å². The monoisotopic (exact) mass is 350 g/mol. The number of nitrogens with one attached hydrogen (secondary N) is 3. The van der Waals surface area contributed by atoms with Gasteiger partial charge in [0.2, 0.25) is 5.91 Å². The zero-order valence-electron chi connectivity index (χ0n) is 12.2. The molecule has 1 heterocycles. The molecular weight excluding hydrogens is 339 g/mol. The highest BCUT2D eigenvalue weighted by Gasteiger charge is 2.15. The van der Waals surface area contributed by atoms with Crippen LogP contribution in [0.15, 0.2) is 42.7 Å². The molecule has 0 saturated heterocycles. The van der Waals surface area contributed by atoms with Crippen molar-refractivity contribution in [2.45, 2.75) is 0 Å². The summed E-state index contributed by atoms with van der Waals surface area (Å²) >= 11 is 5.57. The molecule has 2 aromatic rings. The van der Waals surface area contributed by atoms with Crippen molar-refractivity contribution in [1.29, 1.82) is 0 Å². The van der Waals surface area contributed by atoms with Crippen LogP contribution in [0.25, 0.3) is 0 Å². The second-order valence-corrected chi connectivity index (χ2v) is 4.96. The van der Waals surface area contributed by atoms with Crippen molar-refractivity contribution in [2.75, 3.05) is 17.2 Å². The number of aromatic nitrogens is 1. The standard InChI is InChI=1S/C15H12ClFN4O3/c16-11-6-9(3-4-12(11)17)21-15(24)14(23)19-8-13(22)20-10-2-1-5-18-7-10/h1-7H,8H2,(H,19,23)(H,20,22)(H,21,24). The van der Waals surface area contributed by atoms with Crippen molar-refractivity contribution in [1.82, 2.24) is 10.3 Å². The quantitative estimate of drug-likeness (QED) is 0.729. The van der Waals surface area contributed by atoms with Crippen molar-refractivity contribution in [3.63, 3.8) is 0 Å². The lowest BCUT2D eigenvalue weighted by molar-refractivity contribution is -0.136. The summed E-state index contributed by atoms with van der Waals surface area (Å²) in [6.45, 7) is -0.397. The number of halogens is 2. The van der Waals surface area contributed by atoms with Gasteiger partial charge in [-0.25, -0.2) is 4.39 Å². The number of carbonyl (C=O) groups excluding carboxylic acids is 3. The minimum Gasteiger partial charge on any atom is -0.339 e. The van der Waals surface area contributed by atoms with Gasteiger partial charge in [0.25, 0.3) is 0 Å². The summed E-state index contributed by atoms with van der Waals surface area (Å²) in [6.07, 6.45) is 2.98. The Hall–Kier alpha value is -3.00. The SMILES string of the molecule is O=C(CNC(=O)C(=O)Nc1ccc(F)c(Cl)c1)Nc1cccnc1. The maximum Gasteiger partial charge on any atom is 0.313 e. The average Bonchev–Trinajstić information content (AvgIpc) is 2.57. The van der Waals surface area contributed by atoms with Crippen LogP contribution in [-0.4, -0.2) is 29.3 Å². The van der Waals surface area contributed by atoms with Gasteiger partial charge in [-0.05, 0) is 30.3 Å². The topological polar surface area (TPSA) is 100 Å². The summed E-state index contributed by atoms with van der Waals surface area (Å²) in [6, 6.07) is 6.73. The van der Waals surface area contributed by atoms with Crippen LogP contribution in [0.1, 0.15) is 0 Å². The van der Waals surface area contributed by atoms with Crippen molar-refractivity contribution in [3.05, 3.63) is 53.6 Å². The summed E-state index contributed by atoms with van der Waals surface area (Å²) in [7, 11) is 0. The molecule has 1 aromatic carbocycles. The average molecular weight is 351 g/mol. The van der Waals surface area contributed by atoms with Crippen LogP contribution in [0.5, 0.6) is 0 Å². The molecule has 0 bridgehead atoms. The number of hydrogen-bond donors (Lipinski definition) is 3. The van der Waals surface area contributed by atoms with E-state index in [4.69, 9.17) is 11.6 Å². The van der Waals surface area contributed by atoms with Gasteiger partial charge in [-0.3, -0.25) is 19.4 Å². The van der Waals surface area contributed by atoms with Crippen LogP contribution in [0, 0.1) is 5.82 Å². The van der Waals surface area contributed by atoms with Crippen molar-refractivity contribution >= 4 is 40.7 Å². The van der Waals surface area contributed by atoms with E-state index in [0.29, 0.717) is 5.69 Å². The second-order valence-electron chi connectivity index (χ2n) is 4.56. The summed E-state index contributed by atoms with van der Waals surface area (Å²) in [4.78, 5) is 38.8. The van der Waals surface area contributed by atoms with E-state index in [2.05, 4.69) is 20.9 Å². The largest absolute Gasteiger partial charge is 0.339 e. The third kappa shape index (κ3) is 5.03. The highest BCUT2D eigenvalue weighted by molar-refractivity contribution is 6.40. The lowest BCUT2D eigenvalue weighted by Gasteiger charge is -2.07. The molecule has 0 unspecified atom stereocenters. The summed E-state index contributed by atoms with van der Waals surface area (Å²) in [5.41, 5.74) is 0.614. The van der Waals surface area contributed by atoms with Crippen LogP contribution in [0.3, 0.4) is 0 Å². The minimum atomic E-state index is -1.02. The molecule has 0 fully saturated rings. The Kier molecular flexibility index (Phi) is 5.80. The molecule has 0 radical (unpaired) electrons. The number of hydrogen-bond acceptors (Lipinski definition) is 4. The van der Waals surface area contributed by atoms with E-state index in [0.717, 1.165) is 12.1 Å². The maximum absolute atomic E-state index is 13.0. The number of rotatable bonds is 4. The molecule has 0 spiro atoms. The minimum absolute atomic E-state index is 0.154. The first kappa shape index (κ1) is 17.4. The first-order chi connectivity index (χ1) is 11.5. The fourth-order valence-electron chi connectivity index (χ4n) is 1.64. The van der Waals surface area contributed by atoms with Crippen molar-refractivity contribution in [2.24, 2.45) is 0 Å². The van der Waals surface area contributed by atoms with Gasteiger partial charge in [-0.2, -0.15) is 0 Å². The zero-order valence-corrected chi connectivity index (χ0v) is 12.9. The molecule has 24 heavy (non-hydrogen) atoms. The number of carbonyl (C=O) groups is 3. The van der Waals surface area contributed by atoms with E-state index >= 15 is 0 Å². The predicted molar refractivity (Wildman–Crippen MR) is 85.9 cm³/mol. The summed E-state index contributed by atoms with van der Waals surface area (Å²) < 4.78 is 13.0. The summed E-state index contributed by atoms with van der Waals surface area (Å²) in [5.74, 6) is -3.19. The Morgan fingerprint density at radius 2 is 1.88 bits per heavy atom. The predicted octanol–water partition coefficient (Wildman–Crippen LogP) is 1.57.